The van der Waals surface area contributed by atoms with E-state index in [4.69, 9.17) is 0 Å². The minimum Gasteiger partial charge on any atom is -0.508 e. The van der Waals surface area contributed by atoms with Gasteiger partial charge in [-0.3, -0.25) is 0 Å². The molecule has 0 saturated heterocycles. The highest BCUT2D eigenvalue weighted by Crippen LogP contribution is 2.39. The van der Waals surface area contributed by atoms with Gasteiger partial charge in [-0.2, -0.15) is 0 Å². The summed E-state index contributed by atoms with van der Waals surface area (Å²) >= 11 is 0. The standard InChI is InChI=1S/C22H27O3Si/c1-4-5-6-7-15(2)22(3,26)20-14-17(21(24)25)10-13-19(20)16-8-11-18(23)12-9-16/h8-15,23H,4-7H2,1-3H3,(H,24,25). The van der Waals surface area contributed by atoms with E-state index in [0.717, 1.165) is 29.5 Å². The van der Waals surface area contributed by atoms with Crippen molar-refractivity contribution in [1.82, 2.24) is 0 Å². The third-order valence-corrected chi connectivity index (χ3v) is 5.99. The molecule has 26 heavy (non-hydrogen) atoms. The van der Waals surface area contributed by atoms with Crippen LogP contribution in [0.25, 0.3) is 11.1 Å². The number of carboxylic acid groups (broad SMARTS) is 1. The van der Waals surface area contributed by atoms with Crippen molar-refractivity contribution in [3.05, 3.63) is 53.6 Å². The van der Waals surface area contributed by atoms with Crippen LogP contribution in [0.4, 0.5) is 0 Å². The van der Waals surface area contributed by atoms with Crippen LogP contribution in [0.5, 0.6) is 5.75 Å². The zero-order valence-electron chi connectivity index (χ0n) is 15.7. The van der Waals surface area contributed by atoms with E-state index in [9.17, 15) is 15.0 Å². The van der Waals surface area contributed by atoms with Crippen molar-refractivity contribution < 1.29 is 15.0 Å². The van der Waals surface area contributed by atoms with Gasteiger partial charge in [0, 0.05) is 10.2 Å². The van der Waals surface area contributed by atoms with E-state index in [2.05, 4.69) is 31.0 Å². The van der Waals surface area contributed by atoms with Gasteiger partial charge in [0.25, 0.3) is 0 Å². The number of carboxylic acids is 1. The van der Waals surface area contributed by atoms with Crippen molar-refractivity contribution in [2.45, 2.75) is 51.5 Å². The highest BCUT2D eigenvalue weighted by molar-refractivity contribution is 6.16. The lowest BCUT2D eigenvalue weighted by atomic mass is 9.80. The normalized spacial score (nSPS) is 14.6. The Hall–Kier alpha value is -2.07. The number of aromatic carboxylic acids is 1. The molecule has 0 fully saturated rings. The first-order chi connectivity index (χ1) is 12.3. The molecular formula is C22H27O3Si. The first-order valence-corrected chi connectivity index (χ1v) is 9.69. The van der Waals surface area contributed by atoms with Gasteiger partial charge in [-0.05, 0) is 51.9 Å². The summed E-state index contributed by atoms with van der Waals surface area (Å²) in [7, 11) is 3.97. The number of phenols is 1. The first-order valence-electron chi connectivity index (χ1n) is 9.19. The molecular weight excluding hydrogens is 340 g/mol. The Morgan fingerprint density at radius 3 is 2.38 bits per heavy atom. The summed E-state index contributed by atoms with van der Waals surface area (Å²) in [6.45, 7) is 6.51. The molecule has 0 spiro atoms. The Labute approximate surface area is 159 Å². The number of hydrogen-bond donors (Lipinski definition) is 2. The fourth-order valence-electron chi connectivity index (χ4n) is 3.25. The van der Waals surface area contributed by atoms with Gasteiger partial charge < -0.3 is 10.2 Å². The minimum absolute atomic E-state index is 0.214. The molecule has 3 radical (unpaired) electrons. The highest BCUT2D eigenvalue weighted by Gasteiger charge is 2.31. The van der Waals surface area contributed by atoms with Crippen molar-refractivity contribution in [3.63, 3.8) is 0 Å². The SMILES string of the molecule is CCCCCC(C)C(C)([Si])c1cc(C(=O)O)ccc1-c1ccc(O)cc1. The second kappa shape index (κ2) is 8.54. The second-order valence-electron chi connectivity index (χ2n) is 7.21. The molecule has 2 aromatic rings. The molecule has 2 aromatic carbocycles. The van der Waals surface area contributed by atoms with Crippen molar-refractivity contribution in [1.29, 1.82) is 0 Å². The number of aromatic hydroxyl groups is 1. The maximum atomic E-state index is 11.5. The lowest BCUT2D eigenvalue weighted by molar-refractivity contribution is 0.0696. The van der Waals surface area contributed by atoms with Crippen molar-refractivity contribution in [2.24, 2.45) is 5.92 Å². The van der Waals surface area contributed by atoms with Gasteiger partial charge in [0.2, 0.25) is 0 Å². The lowest BCUT2D eigenvalue weighted by Crippen LogP contribution is -2.32. The minimum atomic E-state index is -0.926. The molecule has 0 aliphatic rings. The average Bonchev–Trinajstić information content (AvgIpc) is 2.62. The van der Waals surface area contributed by atoms with E-state index in [0.29, 0.717) is 5.92 Å². The van der Waals surface area contributed by atoms with Crippen LogP contribution >= 0.6 is 0 Å². The van der Waals surface area contributed by atoms with Crippen molar-refractivity contribution in [2.75, 3.05) is 0 Å². The quantitative estimate of drug-likeness (QED) is 0.488. The predicted molar refractivity (Wildman–Crippen MR) is 107 cm³/mol. The van der Waals surface area contributed by atoms with E-state index in [1.165, 1.54) is 12.8 Å². The number of rotatable bonds is 8. The van der Waals surface area contributed by atoms with Gasteiger partial charge >= 0.3 is 5.97 Å². The maximum Gasteiger partial charge on any atom is 0.335 e. The van der Waals surface area contributed by atoms with Gasteiger partial charge in [-0.25, -0.2) is 4.79 Å². The van der Waals surface area contributed by atoms with Crippen LogP contribution in [-0.2, 0) is 5.04 Å². The number of unbranched alkanes of at least 4 members (excludes halogenated alkanes) is 2. The number of phenolic OH excluding ortho intramolecular Hbond substituents is 1. The fourth-order valence-corrected chi connectivity index (χ4v) is 3.61. The number of hydrogen-bond acceptors (Lipinski definition) is 2. The molecule has 4 heteroatoms. The van der Waals surface area contributed by atoms with Crippen LogP contribution in [0.3, 0.4) is 0 Å². The summed E-state index contributed by atoms with van der Waals surface area (Å²) in [5.41, 5.74) is 3.19. The maximum absolute atomic E-state index is 11.5. The zero-order valence-corrected chi connectivity index (χ0v) is 16.7. The van der Waals surface area contributed by atoms with Crippen LogP contribution < -0.4 is 0 Å². The van der Waals surface area contributed by atoms with Crippen molar-refractivity contribution >= 4 is 16.2 Å². The molecule has 0 heterocycles. The molecule has 2 N–H and O–H groups in total. The van der Waals surface area contributed by atoms with Crippen molar-refractivity contribution in [3.8, 4) is 16.9 Å². The Morgan fingerprint density at radius 2 is 1.81 bits per heavy atom. The first kappa shape index (κ1) is 20.2. The Morgan fingerprint density at radius 1 is 1.15 bits per heavy atom. The van der Waals surface area contributed by atoms with Crippen LogP contribution in [-0.4, -0.2) is 26.4 Å². The smallest absolute Gasteiger partial charge is 0.335 e. The fraction of sp³-hybridized carbons (Fsp3) is 0.409. The second-order valence-corrected chi connectivity index (χ2v) is 8.25. The Balaban J connectivity index is 2.50. The molecule has 0 amide bonds. The van der Waals surface area contributed by atoms with Crippen LogP contribution in [0.2, 0.25) is 0 Å². The predicted octanol–water partition coefficient (Wildman–Crippen LogP) is 5.36. The van der Waals surface area contributed by atoms with Gasteiger partial charge in [-0.15, -0.1) is 0 Å². The number of carbonyl (C=O) groups is 1. The average molecular weight is 368 g/mol. The molecule has 2 atom stereocenters. The molecule has 0 bridgehead atoms. The molecule has 0 aliphatic carbocycles. The molecule has 2 unspecified atom stereocenters. The third-order valence-electron chi connectivity index (χ3n) is 5.23. The molecule has 137 valence electrons. The third kappa shape index (κ3) is 4.55. The molecule has 0 aliphatic heterocycles. The van der Waals surface area contributed by atoms with Gasteiger partial charge in [0.1, 0.15) is 5.75 Å². The lowest BCUT2D eigenvalue weighted by Gasteiger charge is -2.35. The summed E-state index contributed by atoms with van der Waals surface area (Å²) < 4.78 is 0. The Bertz CT molecular complexity index is 750. The van der Waals surface area contributed by atoms with Crippen LogP contribution in [0, 0.1) is 5.92 Å². The summed E-state index contributed by atoms with van der Waals surface area (Å²) in [5, 5.41) is 18.7. The van der Waals surface area contributed by atoms with E-state index in [1.807, 2.05) is 18.2 Å². The highest BCUT2D eigenvalue weighted by atomic mass is 28.1. The van der Waals surface area contributed by atoms with Crippen LogP contribution in [0.15, 0.2) is 42.5 Å². The Kier molecular flexibility index (Phi) is 6.65. The summed E-state index contributed by atoms with van der Waals surface area (Å²) in [6.07, 6.45) is 4.61. The van der Waals surface area contributed by atoms with E-state index < -0.39 is 5.97 Å². The molecule has 0 aromatic heterocycles. The topological polar surface area (TPSA) is 57.5 Å². The molecule has 3 nitrogen and oxygen atoms in total. The van der Waals surface area contributed by atoms with Gasteiger partial charge in [-0.1, -0.05) is 64.7 Å². The van der Waals surface area contributed by atoms with Gasteiger partial charge in [0.15, 0.2) is 0 Å². The van der Waals surface area contributed by atoms with E-state index in [-0.39, 0.29) is 16.4 Å². The molecule has 0 saturated carbocycles. The molecule has 2 rings (SSSR count). The largest absolute Gasteiger partial charge is 0.508 e. The summed E-state index contributed by atoms with van der Waals surface area (Å²) in [4.78, 5) is 11.5. The number of benzene rings is 2. The van der Waals surface area contributed by atoms with Gasteiger partial charge in [0.05, 0.1) is 5.56 Å². The monoisotopic (exact) mass is 367 g/mol. The van der Waals surface area contributed by atoms with E-state index in [1.54, 1.807) is 24.3 Å². The summed E-state index contributed by atoms with van der Waals surface area (Å²) in [6, 6.07) is 12.3. The van der Waals surface area contributed by atoms with E-state index >= 15 is 0 Å². The van der Waals surface area contributed by atoms with Crippen LogP contribution in [0.1, 0.15) is 62.4 Å². The zero-order chi connectivity index (χ0) is 19.3. The summed E-state index contributed by atoms with van der Waals surface area (Å²) in [5.74, 6) is -0.373.